The third kappa shape index (κ3) is 2.40. The van der Waals surface area contributed by atoms with Crippen molar-refractivity contribution in [2.24, 2.45) is 5.84 Å². The maximum Gasteiger partial charge on any atom is 0.416 e. The molecule has 0 bridgehead atoms. The number of carbonyl (C=O) groups is 1. The second-order valence-corrected chi connectivity index (χ2v) is 3.06. The number of benzene rings is 1. The lowest BCUT2D eigenvalue weighted by Crippen LogP contribution is -2.12. The number of anilines is 1. The molecule has 0 heterocycles. The molecule has 0 amide bonds. The van der Waals surface area contributed by atoms with Crippen LogP contribution in [0.4, 0.5) is 18.9 Å². The van der Waals surface area contributed by atoms with Gasteiger partial charge < -0.3 is 5.43 Å². The highest BCUT2D eigenvalue weighted by Crippen LogP contribution is 2.35. The number of hydrogen-bond acceptors (Lipinski definition) is 3. The third-order valence-corrected chi connectivity index (χ3v) is 2.13. The second-order valence-electron chi connectivity index (χ2n) is 2.69. The Balaban J connectivity index is 3.40. The summed E-state index contributed by atoms with van der Waals surface area (Å²) in [7, 11) is 0. The highest BCUT2D eigenvalue weighted by molar-refractivity contribution is 6.35. The summed E-state index contributed by atoms with van der Waals surface area (Å²) in [5.41, 5.74) is 0.598. The number of hydrazine groups is 1. The molecule has 0 aliphatic rings. The summed E-state index contributed by atoms with van der Waals surface area (Å²) in [6.45, 7) is 0. The number of rotatable bonds is 2. The minimum absolute atomic E-state index is 0.138. The molecule has 0 saturated carbocycles. The largest absolute Gasteiger partial charge is 0.416 e. The molecular formula is C8H6ClF3N2O. The normalized spacial score (nSPS) is 11.3. The number of nitrogens with one attached hydrogen (secondary N) is 1. The molecule has 7 heteroatoms. The fraction of sp³-hybridized carbons (Fsp3) is 0.125. The van der Waals surface area contributed by atoms with Gasteiger partial charge in [-0.25, -0.2) is 0 Å². The highest BCUT2D eigenvalue weighted by atomic mass is 35.5. The molecule has 0 saturated heterocycles. The molecule has 3 N–H and O–H groups in total. The van der Waals surface area contributed by atoms with Gasteiger partial charge in [-0.1, -0.05) is 11.6 Å². The zero-order chi connectivity index (χ0) is 11.6. The molecular weight excluding hydrogens is 233 g/mol. The van der Waals surface area contributed by atoms with E-state index in [9.17, 15) is 18.0 Å². The first-order chi connectivity index (χ1) is 6.90. The Hall–Kier alpha value is -1.27. The molecule has 15 heavy (non-hydrogen) atoms. The lowest BCUT2D eigenvalue weighted by atomic mass is 10.1. The Morgan fingerprint density at radius 1 is 1.40 bits per heavy atom. The first-order valence-corrected chi connectivity index (χ1v) is 4.10. The van der Waals surface area contributed by atoms with Crippen molar-refractivity contribution in [2.75, 3.05) is 5.43 Å². The van der Waals surface area contributed by atoms with Crippen LogP contribution in [0, 0.1) is 0 Å². The summed E-state index contributed by atoms with van der Waals surface area (Å²) in [6.07, 6.45) is -4.31. The Kier molecular flexibility index (Phi) is 3.21. The Bertz CT molecular complexity index is 392. The van der Waals surface area contributed by atoms with Crippen LogP contribution in [0.3, 0.4) is 0 Å². The third-order valence-electron chi connectivity index (χ3n) is 1.71. The fourth-order valence-electron chi connectivity index (χ4n) is 1.00. The topological polar surface area (TPSA) is 55.1 Å². The summed E-state index contributed by atoms with van der Waals surface area (Å²) in [6, 6.07) is 1.39. The van der Waals surface area contributed by atoms with Crippen LogP contribution in [-0.4, -0.2) is 6.29 Å². The van der Waals surface area contributed by atoms with Gasteiger partial charge in [-0.15, -0.1) is 0 Å². The summed E-state index contributed by atoms with van der Waals surface area (Å²) in [4.78, 5) is 10.5. The minimum Gasteiger partial charge on any atom is -0.323 e. The Morgan fingerprint density at radius 3 is 2.40 bits per heavy atom. The van der Waals surface area contributed by atoms with E-state index < -0.39 is 11.7 Å². The van der Waals surface area contributed by atoms with Gasteiger partial charge in [0.1, 0.15) is 0 Å². The van der Waals surface area contributed by atoms with Gasteiger partial charge in [-0.2, -0.15) is 13.2 Å². The lowest BCUT2D eigenvalue weighted by molar-refractivity contribution is -0.137. The molecule has 0 atom stereocenters. The average Bonchev–Trinajstić information content (AvgIpc) is 2.16. The molecule has 0 aromatic heterocycles. The van der Waals surface area contributed by atoms with Gasteiger partial charge in [-0.3, -0.25) is 10.6 Å². The molecule has 0 unspecified atom stereocenters. The van der Waals surface area contributed by atoms with Crippen molar-refractivity contribution in [1.29, 1.82) is 0 Å². The van der Waals surface area contributed by atoms with Crippen LogP contribution in [0.2, 0.25) is 5.02 Å². The maximum atomic E-state index is 12.3. The molecule has 0 spiro atoms. The molecule has 3 nitrogen and oxygen atoms in total. The molecule has 0 aliphatic carbocycles. The van der Waals surface area contributed by atoms with E-state index in [0.29, 0.717) is 6.07 Å². The first-order valence-electron chi connectivity index (χ1n) is 3.72. The van der Waals surface area contributed by atoms with Crippen LogP contribution in [0.15, 0.2) is 12.1 Å². The fourth-order valence-corrected chi connectivity index (χ4v) is 1.21. The van der Waals surface area contributed by atoms with E-state index in [2.05, 4.69) is 0 Å². The van der Waals surface area contributed by atoms with Crippen LogP contribution < -0.4 is 11.3 Å². The number of alkyl halides is 3. The SMILES string of the molecule is NNc1cc(C(F)(F)F)cc(C=O)c1Cl. The highest BCUT2D eigenvalue weighted by Gasteiger charge is 2.32. The van der Waals surface area contributed by atoms with Crippen molar-refractivity contribution < 1.29 is 18.0 Å². The van der Waals surface area contributed by atoms with E-state index in [1.54, 1.807) is 0 Å². The summed E-state index contributed by atoms with van der Waals surface area (Å²) < 4.78 is 37.0. The number of hydrogen-bond donors (Lipinski definition) is 2. The average molecular weight is 239 g/mol. The van der Waals surface area contributed by atoms with Crippen LogP contribution >= 0.6 is 11.6 Å². The van der Waals surface area contributed by atoms with Gasteiger partial charge >= 0.3 is 6.18 Å². The molecule has 0 radical (unpaired) electrons. The standard InChI is InChI=1S/C8H6ClF3N2O/c9-7-4(3-15)1-5(8(10,11)12)2-6(7)14-13/h1-3,14H,13H2. The summed E-state index contributed by atoms with van der Waals surface area (Å²) in [5.74, 6) is 4.97. The van der Waals surface area contributed by atoms with Crippen molar-refractivity contribution >= 4 is 23.6 Å². The number of carbonyl (C=O) groups excluding carboxylic acids is 1. The van der Waals surface area contributed by atoms with Crippen molar-refractivity contribution in [3.8, 4) is 0 Å². The molecule has 82 valence electrons. The monoisotopic (exact) mass is 238 g/mol. The van der Waals surface area contributed by atoms with E-state index in [4.69, 9.17) is 17.4 Å². The first kappa shape index (κ1) is 11.8. The predicted octanol–water partition coefficient (Wildman–Crippen LogP) is 2.46. The van der Waals surface area contributed by atoms with Crippen LogP contribution in [0.25, 0.3) is 0 Å². The van der Waals surface area contributed by atoms with E-state index in [1.807, 2.05) is 5.43 Å². The molecule has 1 aromatic carbocycles. The smallest absolute Gasteiger partial charge is 0.323 e. The minimum atomic E-state index is -4.55. The molecule has 0 fully saturated rings. The predicted molar refractivity (Wildman–Crippen MR) is 49.7 cm³/mol. The van der Waals surface area contributed by atoms with Crippen molar-refractivity contribution in [1.82, 2.24) is 0 Å². The zero-order valence-electron chi connectivity index (χ0n) is 7.23. The van der Waals surface area contributed by atoms with Gasteiger partial charge in [0.2, 0.25) is 0 Å². The summed E-state index contributed by atoms with van der Waals surface area (Å²) in [5, 5.41) is -0.138. The van der Waals surface area contributed by atoms with Gasteiger partial charge in [0.15, 0.2) is 6.29 Å². The number of aldehydes is 1. The Labute approximate surface area is 88.0 Å². The maximum absolute atomic E-state index is 12.3. The van der Waals surface area contributed by atoms with Crippen LogP contribution in [0.1, 0.15) is 15.9 Å². The van der Waals surface area contributed by atoms with Gasteiger partial charge in [0, 0.05) is 5.56 Å². The van der Waals surface area contributed by atoms with Gasteiger partial charge in [-0.05, 0) is 12.1 Å². The summed E-state index contributed by atoms with van der Waals surface area (Å²) >= 11 is 5.59. The van der Waals surface area contributed by atoms with E-state index in [1.165, 1.54) is 0 Å². The quantitative estimate of drug-likeness (QED) is 0.473. The second kappa shape index (κ2) is 4.08. The lowest BCUT2D eigenvalue weighted by Gasteiger charge is -2.11. The number of halogens is 4. The van der Waals surface area contributed by atoms with E-state index in [-0.39, 0.29) is 22.6 Å². The molecule has 1 aromatic rings. The zero-order valence-corrected chi connectivity index (χ0v) is 7.99. The van der Waals surface area contributed by atoms with E-state index in [0.717, 1.165) is 6.07 Å². The Morgan fingerprint density at radius 2 is 2.00 bits per heavy atom. The van der Waals surface area contributed by atoms with Crippen molar-refractivity contribution in [3.63, 3.8) is 0 Å². The van der Waals surface area contributed by atoms with E-state index >= 15 is 0 Å². The van der Waals surface area contributed by atoms with Crippen molar-refractivity contribution in [3.05, 3.63) is 28.3 Å². The number of nitrogens with two attached hydrogens (primary N) is 1. The van der Waals surface area contributed by atoms with Crippen LogP contribution in [0.5, 0.6) is 0 Å². The van der Waals surface area contributed by atoms with Gasteiger partial charge in [0.05, 0.1) is 16.3 Å². The number of nitrogen functional groups attached to an aromatic ring is 1. The molecule has 0 aliphatic heterocycles. The van der Waals surface area contributed by atoms with Gasteiger partial charge in [0.25, 0.3) is 0 Å². The molecule has 1 rings (SSSR count). The van der Waals surface area contributed by atoms with Crippen LogP contribution in [-0.2, 0) is 6.18 Å². The van der Waals surface area contributed by atoms with Crippen molar-refractivity contribution in [2.45, 2.75) is 6.18 Å².